The molecule has 1 aromatic heterocycles. The van der Waals surface area contributed by atoms with Gasteiger partial charge in [0.2, 0.25) is 5.91 Å². The van der Waals surface area contributed by atoms with Gasteiger partial charge in [0.1, 0.15) is 5.75 Å². The van der Waals surface area contributed by atoms with Crippen LogP contribution in [0, 0.1) is 12.8 Å². The second-order valence-corrected chi connectivity index (χ2v) is 7.27. The van der Waals surface area contributed by atoms with Crippen LogP contribution in [-0.2, 0) is 4.79 Å². The third-order valence-electron chi connectivity index (χ3n) is 5.46. The standard InChI is InChI=1S/C20H25N3O2/c1-14-11-21-23(12-14)15-6-5-9-22(13-15)20(24)18-10-17(18)16-7-3-4-8-19(16)25-2/h3-4,7-8,11-12,15,17-18H,5-6,9-10,13H2,1-2H3/t15-,17+,18-/m1/s1. The van der Waals surface area contributed by atoms with Gasteiger partial charge < -0.3 is 9.64 Å². The van der Waals surface area contributed by atoms with Crippen molar-refractivity contribution >= 4 is 5.91 Å². The lowest BCUT2D eigenvalue weighted by atomic mass is 10.0. The number of piperidine rings is 1. The molecule has 1 aliphatic carbocycles. The Bertz CT molecular complexity index is 770. The summed E-state index contributed by atoms with van der Waals surface area (Å²) >= 11 is 0. The highest BCUT2D eigenvalue weighted by molar-refractivity contribution is 5.83. The Morgan fingerprint density at radius 1 is 1.32 bits per heavy atom. The summed E-state index contributed by atoms with van der Waals surface area (Å²) in [6.45, 7) is 3.69. The van der Waals surface area contributed by atoms with Crippen LogP contribution in [0.2, 0.25) is 0 Å². The molecule has 2 aromatic rings. The van der Waals surface area contributed by atoms with E-state index in [-0.39, 0.29) is 5.92 Å². The van der Waals surface area contributed by atoms with E-state index in [0.29, 0.717) is 17.9 Å². The number of methoxy groups -OCH3 is 1. The summed E-state index contributed by atoms with van der Waals surface area (Å²) < 4.78 is 7.49. The monoisotopic (exact) mass is 339 g/mol. The van der Waals surface area contributed by atoms with E-state index >= 15 is 0 Å². The number of benzene rings is 1. The number of carbonyl (C=O) groups is 1. The fraction of sp³-hybridized carbons (Fsp3) is 0.500. The topological polar surface area (TPSA) is 47.4 Å². The van der Waals surface area contributed by atoms with Crippen molar-refractivity contribution in [2.45, 2.75) is 38.1 Å². The molecule has 0 radical (unpaired) electrons. The fourth-order valence-electron chi connectivity index (χ4n) is 4.02. The first-order chi connectivity index (χ1) is 12.2. The highest BCUT2D eigenvalue weighted by atomic mass is 16.5. The first kappa shape index (κ1) is 16.2. The largest absolute Gasteiger partial charge is 0.496 e. The number of carbonyl (C=O) groups excluding carboxylic acids is 1. The number of hydrogen-bond acceptors (Lipinski definition) is 3. The third kappa shape index (κ3) is 3.15. The van der Waals surface area contributed by atoms with Gasteiger partial charge in [-0.3, -0.25) is 9.48 Å². The molecule has 1 saturated heterocycles. The molecule has 0 unspecified atom stereocenters. The predicted molar refractivity (Wildman–Crippen MR) is 95.7 cm³/mol. The summed E-state index contributed by atoms with van der Waals surface area (Å²) in [5, 5.41) is 4.44. The molecule has 2 heterocycles. The van der Waals surface area contributed by atoms with Gasteiger partial charge in [0.25, 0.3) is 0 Å². The Labute approximate surface area is 148 Å². The second-order valence-electron chi connectivity index (χ2n) is 7.27. The van der Waals surface area contributed by atoms with Gasteiger partial charge in [-0.15, -0.1) is 0 Å². The maximum Gasteiger partial charge on any atom is 0.226 e. The summed E-state index contributed by atoms with van der Waals surface area (Å²) in [5.74, 6) is 1.60. The number of aryl methyl sites for hydroxylation is 1. The van der Waals surface area contributed by atoms with Crippen molar-refractivity contribution in [3.8, 4) is 5.75 Å². The molecule has 2 aliphatic rings. The highest BCUT2D eigenvalue weighted by Crippen LogP contribution is 2.51. The molecule has 5 nitrogen and oxygen atoms in total. The van der Waals surface area contributed by atoms with Crippen LogP contribution in [-0.4, -0.2) is 40.8 Å². The fourth-order valence-corrected chi connectivity index (χ4v) is 4.02. The Balaban J connectivity index is 1.43. The molecule has 1 aromatic carbocycles. The molecule has 0 spiro atoms. The van der Waals surface area contributed by atoms with Crippen molar-refractivity contribution in [1.82, 2.24) is 14.7 Å². The van der Waals surface area contributed by atoms with Gasteiger partial charge in [0.05, 0.1) is 19.3 Å². The minimum Gasteiger partial charge on any atom is -0.496 e. The Morgan fingerprint density at radius 2 is 2.16 bits per heavy atom. The van der Waals surface area contributed by atoms with Crippen LogP contribution in [0.5, 0.6) is 5.75 Å². The van der Waals surface area contributed by atoms with Gasteiger partial charge in [0, 0.05) is 25.2 Å². The third-order valence-corrected chi connectivity index (χ3v) is 5.46. The van der Waals surface area contributed by atoms with E-state index in [2.05, 4.69) is 24.3 Å². The predicted octanol–water partition coefficient (Wildman–Crippen LogP) is 3.17. The molecule has 1 amide bonds. The number of aromatic nitrogens is 2. The number of likely N-dealkylation sites (tertiary alicyclic amines) is 1. The van der Waals surface area contributed by atoms with Crippen LogP contribution in [0.4, 0.5) is 0 Å². The van der Waals surface area contributed by atoms with E-state index in [9.17, 15) is 4.79 Å². The number of ether oxygens (including phenoxy) is 1. The molecule has 132 valence electrons. The molecule has 1 saturated carbocycles. The van der Waals surface area contributed by atoms with E-state index in [1.165, 1.54) is 11.1 Å². The van der Waals surface area contributed by atoms with Crippen LogP contribution in [0.15, 0.2) is 36.7 Å². The highest BCUT2D eigenvalue weighted by Gasteiger charge is 2.47. The summed E-state index contributed by atoms with van der Waals surface area (Å²) in [6, 6.07) is 8.36. The smallest absolute Gasteiger partial charge is 0.226 e. The lowest BCUT2D eigenvalue weighted by Gasteiger charge is -2.33. The van der Waals surface area contributed by atoms with Gasteiger partial charge in [-0.1, -0.05) is 18.2 Å². The van der Waals surface area contributed by atoms with Crippen LogP contribution in [0.3, 0.4) is 0 Å². The van der Waals surface area contributed by atoms with Gasteiger partial charge >= 0.3 is 0 Å². The molecule has 0 N–H and O–H groups in total. The zero-order chi connectivity index (χ0) is 17.4. The van der Waals surface area contributed by atoms with Gasteiger partial charge in [-0.2, -0.15) is 5.10 Å². The Kier molecular flexibility index (Phi) is 4.24. The molecule has 25 heavy (non-hydrogen) atoms. The van der Waals surface area contributed by atoms with Crippen molar-refractivity contribution in [2.75, 3.05) is 20.2 Å². The molecule has 1 aliphatic heterocycles. The van der Waals surface area contributed by atoms with Crippen molar-refractivity contribution < 1.29 is 9.53 Å². The molecule has 3 atom stereocenters. The molecule has 0 bridgehead atoms. The minimum absolute atomic E-state index is 0.106. The number of para-hydroxylation sites is 1. The Morgan fingerprint density at radius 3 is 2.92 bits per heavy atom. The number of nitrogens with zero attached hydrogens (tertiary/aromatic N) is 3. The van der Waals surface area contributed by atoms with Crippen LogP contribution in [0.1, 0.15) is 42.3 Å². The molecular weight excluding hydrogens is 314 g/mol. The van der Waals surface area contributed by atoms with Gasteiger partial charge in [-0.05, 0) is 49.3 Å². The van der Waals surface area contributed by atoms with E-state index in [4.69, 9.17) is 4.74 Å². The lowest BCUT2D eigenvalue weighted by molar-refractivity contribution is -0.134. The van der Waals surface area contributed by atoms with Crippen molar-refractivity contribution in [2.24, 2.45) is 5.92 Å². The van der Waals surface area contributed by atoms with Crippen molar-refractivity contribution in [1.29, 1.82) is 0 Å². The average molecular weight is 339 g/mol. The van der Waals surface area contributed by atoms with E-state index in [1.807, 2.05) is 34.0 Å². The van der Waals surface area contributed by atoms with Crippen LogP contribution in [0.25, 0.3) is 0 Å². The summed E-state index contributed by atoms with van der Waals surface area (Å²) in [5.41, 5.74) is 2.33. The van der Waals surface area contributed by atoms with Gasteiger partial charge in [-0.25, -0.2) is 0 Å². The zero-order valence-electron chi connectivity index (χ0n) is 14.9. The first-order valence-corrected chi connectivity index (χ1v) is 9.10. The maximum atomic E-state index is 13.0. The average Bonchev–Trinajstić information content (AvgIpc) is 3.34. The molecule has 2 fully saturated rings. The zero-order valence-corrected chi connectivity index (χ0v) is 14.9. The normalized spacial score (nSPS) is 25.7. The molecular formula is C20H25N3O2. The SMILES string of the molecule is COc1ccccc1[C@@H]1C[C@H]1C(=O)N1CCC[C@@H](n2cc(C)cn2)C1. The number of hydrogen-bond donors (Lipinski definition) is 0. The van der Waals surface area contributed by atoms with E-state index in [1.54, 1.807) is 7.11 Å². The van der Waals surface area contributed by atoms with Crippen LogP contribution >= 0.6 is 0 Å². The quantitative estimate of drug-likeness (QED) is 0.859. The van der Waals surface area contributed by atoms with E-state index in [0.717, 1.165) is 38.1 Å². The lowest BCUT2D eigenvalue weighted by Crippen LogP contribution is -2.41. The summed E-state index contributed by atoms with van der Waals surface area (Å²) in [6.07, 6.45) is 7.03. The van der Waals surface area contributed by atoms with Gasteiger partial charge in [0.15, 0.2) is 0 Å². The molecule has 4 rings (SSSR count). The maximum absolute atomic E-state index is 13.0. The van der Waals surface area contributed by atoms with E-state index < -0.39 is 0 Å². The summed E-state index contributed by atoms with van der Waals surface area (Å²) in [7, 11) is 1.69. The first-order valence-electron chi connectivity index (χ1n) is 9.10. The van der Waals surface area contributed by atoms with Crippen molar-refractivity contribution in [3.63, 3.8) is 0 Å². The number of rotatable bonds is 4. The molecule has 5 heteroatoms. The van der Waals surface area contributed by atoms with Crippen molar-refractivity contribution in [3.05, 3.63) is 47.8 Å². The number of amides is 1. The van der Waals surface area contributed by atoms with Crippen LogP contribution < -0.4 is 4.74 Å². The summed E-state index contributed by atoms with van der Waals surface area (Å²) in [4.78, 5) is 15.0. The Hall–Kier alpha value is -2.30. The second kappa shape index (κ2) is 6.54. The minimum atomic E-state index is 0.106.